The van der Waals surface area contributed by atoms with Crippen molar-refractivity contribution < 1.29 is 18.3 Å². The van der Waals surface area contributed by atoms with Gasteiger partial charge >= 0.3 is 6.18 Å². The van der Waals surface area contributed by atoms with E-state index in [2.05, 4.69) is 4.90 Å². The lowest BCUT2D eigenvalue weighted by molar-refractivity contribution is -0.137. The standard InChI is InChI=1S/C15H21F3N2O/c1-19-7-3-4-12(9-19)20(2)14-6-5-11(10-21)8-13(14)15(16,17)18/h5-6,8,12,21H,3-4,7,9-10H2,1-2H3. The number of likely N-dealkylation sites (tertiary alicyclic amines) is 1. The molecule has 1 N–H and O–H groups in total. The largest absolute Gasteiger partial charge is 0.418 e. The van der Waals surface area contributed by atoms with E-state index in [9.17, 15) is 13.2 Å². The molecule has 1 fully saturated rings. The Morgan fingerprint density at radius 3 is 2.67 bits per heavy atom. The lowest BCUT2D eigenvalue weighted by Crippen LogP contribution is -2.45. The highest BCUT2D eigenvalue weighted by Gasteiger charge is 2.36. The summed E-state index contributed by atoms with van der Waals surface area (Å²) in [5.74, 6) is 0. The number of hydrogen-bond acceptors (Lipinski definition) is 3. The molecule has 118 valence electrons. The molecule has 1 atom stereocenters. The molecule has 3 nitrogen and oxygen atoms in total. The van der Waals surface area contributed by atoms with E-state index < -0.39 is 11.7 Å². The minimum absolute atomic E-state index is 0.0739. The fourth-order valence-corrected chi connectivity index (χ4v) is 2.87. The number of aliphatic hydroxyl groups excluding tert-OH is 1. The highest BCUT2D eigenvalue weighted by Crippen LogP contribution is 2.38. The Morgan fingerprint density at radius 2 is 2.10 bits per heavy atom. The van der Waals surface area contributed by atoms with Crippen LogP contribution in [0.15, 0.2) is 18.2 Å². The quantitative estimate of drug-likeness (QED) is 0.930. The van der Waals surface area contributed by atoms with Gasteiger partial charge in [0, 0.05) is 25.3 Å². The predicted octanol–water partition coefficient (Wildman–Crippen LogP) is 2.73. The second-order valence-electron chi connectivity index (χ2n) is 5.68. The molecule has 0 amide bonds. The average Bonchev–Trinajstić information content (AvgIpc) is 2.45. The Morgan fingerprint density at radius 1 is 1.38 bits per heavy atom. The summed E-state index contributed by atoms with van der Waals surface area (Å²) < 4.78 is 39.8. The number of aliphatic hydroxyl groups is 1. The molecule has 1 aromatic carbocycles. The normalized spacial score (nSPS) is 20.6. The maximum absolute atomic E-state index is 13.3. The summed E-state index contributed by atoms with van der Waals surface area (Å²) in [4.78, 5) is 3.86. The van der Waals surface area contributed by atoms with Crippen molar-refractivity contribution in [3.05, 3.63) is 29.3 Å². The van der Waals surface area contributed by atoms with Crippen LogP contribution in [0.4, 0.5) is 18.9 Å². The van der Waals surface area contributed by atoms with E-state index in [1.807, 2.05) is 7.05 Å². The van der Waals surface area contributed by atoms with Gasteiger partial charge < -0.3 is 14.9 Å². The summed E-state index contributed by atoms with van der Waals surface area (Å²) >= 11 is 0. The van der Waals surface area contributed by atoms with E-state index >= 15 is 0 Å². The molecule has 0 saturated carbocycles. The van der Waals surface area contributed by atoms with Crippen molar-refractivity contribution >= 4 is 5.69 Å². The van der Waals surface area contributed by atoms with Crippen LogP contribution in [0.2, 0.25) is 0 Å². The lowest BCUT2D eigenvalue weighted by atomic mass is 10.0. The van der Waals surface area contributed by atoms with Gasteiger partial charge in [0.25, 0.3) is 0 Å². The Labute approximate surface area is 123 Å². The number of halogens is 3. The van der Waals surface area contributed by atoms with Crippen LogP contribution >= 0.6 is 0 Å². The van der Waals surface area contributed by atoms with Gasteiger partial charge in [-0.15, -0.1) is 0 Å². The van der Waals surface area contributed by atoms with Crippen LogP contribution in [0.5, 0.6) is 0 Å². The second kappa shape index (κ2) is 6.23. The first kappa shape index (κ1) is 16.1. The Kier molecular flexibility index (Phi) is 4.78. The molecule has 0 bridgehead atoms. The number of hydrogen-bond donors (Lipinski definition) is 1. The van der Waals surface area contributed by atoms with Gasteiger partial charge in [-0.2, -0.15) is 13.2 Å². The highest BCUT2D eigenvalue weighted by atomic mass is 19.4. The summed E-state index contributed by atoms with van der Waals surface area (Å²) in [6.45, 7) is 1.36. The maximum atomic E-state index is 13.3. The van der Waals surface area contributed by atoms with Crippen molar-refractivity contribution in [2.45, 2.75) is 31.7 Å². The zero-order chi connectivity index (χ0) is 15.6. The minimum atomic E-state index is -4.42. The molecule has 1 aliphatic heterocycles. The lowest BCUT2D eigenvalue weighted by Gasteiger charge is -2.38. The van der Waals surface area contributed by atoms with E-state index in [0.29, 0.717) is 0 Å². The van der Waals surface area contributed by atoms with Crippen LogP contribution in [-0.4, -0.2) is 43.2 Å². The van der Waals surface area contributed by atoms with E-state index in [1.165, 1.54) is 6.07 Å². The molecule has 1 aromatic rings. The average molecular weight is 302 g/mol. The van der Waals surface area contributed by atoms with Gasteiger partial charge in [0.15, 0.2) is 0 Å². The molecule has 1 heterocycles. The third-order valence-electron chi connectivity index (χ3n) is 4.08. The molecule has 0 aliphatic carbocycles. The van der Waals surface area contributed by atoms with Crippen molar-refractivity contribution in [3.8, 4) is 0 Å². The van der Waals surface area contributed by atoms with E-state index in [0.717, 1.165) is 32.0 Å². The topological polar surface area (TPSA) is 26.7 Å². The van der Waals surface area contributed by atoms with Crippen molar-refractivity contribution in [1.29, 1.82) is 0 Å². The molecule has 1 saturated heterocycles. The first-order valence-electron chi connectivity index (χ1n) is 7.05. The molecule has 2 rings (SSSR count). The number of rotatable bonds is 3. The molecule has 0 spiro atoms. The first-order chi connectivity index (χ1) is 9.82. The van der Waals surface area contributed by atoms with Crippen LogP contribution in [0.25, 0.3) is 0 Å². The van der Waals surface area contributed by atoms with Crippen LogP contribution < -0.4 is 4.90 Å². The monoisotopic (exact) mass is 302 g/mol. The van der Waals surface area contributed by atoms with Gasteiger partial charge in [-0.05, 0) is 44.1 Å². The van der Waals surface area contributed by atoms with Gasteiger partial charge in [-0.3, -0.25) is 0 Å². The van der Waals surface area contributed by atoms with Crippen molar-refractivity contribution in [2.24, 2.45) is 0 Å². The Balaban J connectivity index is 2.33. The van der Waals surface area contributed by atoms with Crippen molar-refractivity contribution in [2.75, 3.05) is 32.1 Å². The smallest absolute Gasteiger partial charge is 0.392 e. The second-order valence-corrected chi connectivity index (χ2v) is 5.68. The van der Waals surface area contributed by atoms with Gasteiger partial charge in [-0.1, -0.05) is 6.07 Å². The first-order valence-corrected chi connectivity index (χ1v) is 7.05. The number of piperidine rings is 1. The number of nitrogens with zero attached hydrogens (tertiary/aromatic N) is 2. The van der Waals surface area contributed by atoms with Crippen LogP contribution in [-0.2, 0) is 12.8 Å². The molecular formula is C15H21F3N2O. The van der Waals surface area contributed by atoms with Gasteiger partial charge in [0.05, 0.1) is 12.2 Å². The predicted molar refractivity (Wildman–Crippen MR) is 76.3 cm³/mol. The van der Waals surface area contributed by atoms with Crippen LogP contribution in [0.1, 0.15) is 24.0 Å². The van der Waals surface area contributed by atoms with Crippen molar-refractivity contribution in [3.63, 3.8) is 0 Å². The molecule has 21 heavy (non-hydrogen) atoms. The van der Waals surface area contributed by atoms with E-state index in [4.69, 9.17) is 5.11 Å². The Hall–Kier alpha value is -1.27. The maximum Gasteiger partial charge on any atom is 0.418 e. The van der Waals surface area contributed by atoms with Crippen LogP contribution in [0.3, 0.4) is 0 Å². The van der Waals surface area contributed by atoms with Crippen LogP contribution in [0, 0.1) is 0 Å². The molecule has 1 unspecified atom stereocenters. The summed E-state index contributed by atoms with van der Waals surface area (Å²) in [5, 5.41) is 9.05. The molecule has 6 heteroatoms. The SMILES string of the molecule is CN1CCCC(N(C)c2ccc(CO)cc2C(F)(F)F)C1. The third kappa shape index (κ3) is 3.68. The minimum Gasteiger partial charge on any atom is -0.392 e. The summed E-state index contributed by atoms with van der Waals surface area (Å²) in [6.07, 6.45) is -2.54. The zero-order valence-corrected chi connectivity index (χ0v) is 12.3. The summed E-state index contributed by atoms with van der Waals surface area (Å²) in [7, 11) is 3.70. The van der Waals surface area contributed by atoms with Gasteiger partial charge in [0.2, 0.25) is 0 Å². The molecular weight excluding hydrogens is 281 g/mol. The van der Waals surface area contributed by atoms with Crippen molar-refractivity contribution in [1.82, 2.24) is 4.90 Å². The molecule has 0 radical (unpaired) electrons. The fraction of sp³-hybridized carbons (Fsp3) is 0.600. The Bertz CT molecular complexity index is 490. The molecule has 0 aromatic heterocycles. The number of anilines is 1. The van der Waals surface area contributed by atoms with E-state index in [-0.39, 0.29) is 23.9 Å². The summed E-state index contributed by atoms with van der Waals surface area (Å²) in [5.41, 5.74) is -0.218. The summed E-state index contributed by atoms with van der Waals surface area (Å²) in [6, 6.07) is 4.12. The van der Waals surface area contributed by atoms with E-state index in [1.54, 1.807) is 18.0 Å². The van der Waals surface area contributed by atoms with Gasteiger partial charge in [0.1, 0.15) is 0 Å². The number of alkyl halides is 3. The number of likely N-dealkylation sites (N-methyl/N-ethyl adjacent to an activating group) is 2. The number of benzene rings is 1. The highest BCUT2D eigenvalue weighted by molar-refractivity contribution is 5.56. The zero-order valence-electron chi connectivity index (χ0n) is 12.3. The molecule has 1 aliphatic rings. The van der Waals surface area contributed by atoms with Gasteiger partial charge in [-0.25, -0.2) is 0 Å². The third-order valence-corrected chi connectivity index (χ3v) is 4.08. The fourth-order valence-electron chi connectivity index (χ4n) is 2.87.